The molecule has 378 valence electrons. The summed E-state index contributed by atoms with van der Waals surface area (Å²) in [5, 5.41) is 2.26. The molecule has 1 heterocycles. The van der Waals surface area contributed by atoms with E-state index in [4.69, 9.17) is 4.42 Å². The third-order valence-electron chi connectivity index (χ3n) is 20.2. The van der Waals surface area contributed by atoms with Gasteiger partial charge in [0.2, 0.25) is 0 Å². The predicted molar refractivity (Wildman–Crippen MR) is 323 cm³/mol. The third kappa shape index (κ3) is 7.07. The molecule has 78 heavy (non-hydrogen) atoms. The molecule has 0 radical (unpaired) electrons. The van der Waals surface area contributed by atoms with Gasteiger partial charge in [-0.25, -0.2) is 0 Å². The summed E-state index contributed by atoms with van der Waals surface area (Å²) in [5.41, 5.74) is 25.6. The Morgan fingerprint density at radius 1 is 0.385 bits per heavy atom. The van der Waals surface area contributed by atoms with E-state index >= 15 is 0 Å². The van der Waals surface area contributed by atoms with E-state index in [1.165, 1.54) is 106 Å². The molecular weight excluding hydrogens is 943 g/mol. The average Bonchev–Trinajstić information content (AvgIpc) is 4.02. The largest absolute Gasteiger partial charge is 0.456 e. The maximum atomic E-state index is 6.61. The highest BCUT2D eigenvalue weighted by atomic mass is 16.3. The number of aryl methyl sites for hydroxylation is 1. The minimum atomic E-state index is -0.0510. The Balaban J connectivity index is 0.920. The Morgan fingerprint density at radius 3 is 1.65 bits per heavy atom. The van der Waals surface area contributed by atoms with Gasteiger partial charge in [-0.1, -0.05) is 194 Å². The van der Waals surface area contributed by atoms with Gasteiger partial charge in [0.05, 0.1) is 11.1 Å². The molecule has 2 fully saturated rings. The van der Waals surface area contributed by atoms with Crippen molar-refractivity contribution in [3.8, 4) is 44.5 Å². The van der Waals surface area contributed by atoms with Gasteiger partial charge < -0.3 is 9.32 Å². The van der Waals surface area contributed by atoms with Crippen molar-refractivity contribution >= 4 is 39.0 Å². The third-order valence-corrected chi connectivity index (χ3v) is 20.2. The first-order valence-corrected chi connectivity index (χ1v) is 29.1. The second kappa shape index (κ2) is 18.2. The van der Waals surface area contributed by atoms with Crippen LogP contribution in [0.1, 0.15) is 109 Å². The van der Waals surface area contributed by atoms with Crippen LogP contribution < -0.4 is 4.90 Å². The molecule has 2 saturated carbocycles. The lowest BCUT2D eigenvalue weighted by Crippen LogP contribution is -2.53. The second-order valence-electron chi connectivity index (χ2n) is 23.7. The minimum absolute atomic E-state index is 0.0330. The van der Waals surface area contributed by atoms with Crippen LogP contribution in [-0.4, -0.2) is 0 Å². The van der Waals surface area contributed by atoms with E-state index in [0.29, 0.717) is 23.7 Å². The van der Waals surface area contributed by atoms with Crippen molar-refractivity contribution in [3.63, 3.8) is 0 Å². The van der Waals surface area contributed by atoms with Crippen molar-refractivity contribution in [2.45, 2.75) is 92.8 Å². The van der Waals surface area contributed by atoms with Gasteiger partial charge in [-0.2, -0.15) is 0 Å². The van der Waals surface area contributed by atoms with Gasteiger partial charge in [-0.15, -0.1) is 0 Å². The Kier molecular flexibility index (Phi) is 10.7. The number of benzene rings is 10. The van der Waals surface area contributed by atoms with E-state index in [1.54, 1.807) is 16.7 Å². The zero-order valence-electron chi connectivity index (χ0n) is 44.3. The Labute approximate surface area is 459 Å². The lowest BCUT2D eigenvalue weighted by Gasteiger charge is -2.59. The van der Waals surface area contributed by atoms with Gasteiger partial charge in [0, 0.05) is 22.2 Å². The fourth-order valence-electron chi connectivity index (χ4n) is 16.9. The molecule has 5 aliphatic carbocycles. The van der Waals surface area contributed by atoms with Crippen LogP contribution in [0.2, 0.25) is 0 Å². The number of hydrogen-bond donors (Lipinski definition) is 0. The van der Waals surface area contributed by atoms with Crippen molar-refractivity contribution in [1.82, 2.24) is 0 Å². The summed E-state index contributed by atoms with van der Waals surface area (Å²) in [4.78, 5) is 2.50. The highest BCUT2D eigenvalue weighted by Crippen LogP contribution is 2.67. The first-order valence-electron chi connectivity index (χ1n) is 29.1. The van der Waals surface area contributed by atoms with Crippen molar-refractivity contribution in [3.05, 3.63) is 270 Å². The molecular formula is C76H63NO. The van der Waals surface area contributed by atoms with Gasteiger partial charge >= 0.3 is 0 Å². The normalized spacial score (nSPS) is 22.7. The number of para-hydroxylation sites is 1. The molecule has 6 bridgehead atoms. The molecule has 11 aromatic rings. The molecule has 6 atom stereocenters. The Morgan fingerprint density at radius 2 is 0.923 bits per heavy atom. The SMILES string of the molecule is c1ccc(-c2ccc(N(c3ccc4c(c3)CCC3CC5(CCC6CCC7(CCC(CC75)c5ccccc5-4)c4ccccc4-c4ccccc46)c4ccccc4-c4ccccc43)c3cccc4oc5ccccc5c34)cc2)cc1. The van der Waals surface area contributed by atoms with Crippen molar-refractivity contribution in [1.29, 1.82) is 0 Å². The van der Waals surface area contributed by atoms with Crippen LogP contribution in [0.5, 0.6) is 0 Å². The average molecular weight is 1010 g/mol. The van der Waals surface area contributed by atoms with Gasteiger partial charge in [0.1, 0.15) is 11.2 Å². The summed E-state index contributed by atoms with van der Waals surface area (Å²) < 4.78 is 6.61. The lowest BCUT2D eigenvalue weighted by atomic mass is 9.44. The van der Waals surface area contributed by atoms with Crippen molar-refractivity contribution in [2.75, 3.05) is 4.90 Å². The monoisotopic (exact) mass is 1010 g/mol. The maximum absolute atomic E-state index is 6.61. The van der Waals surface area contributed by atoms with E-state index in [1.807, 2.05) is 0 Å². The van der Waals surface area contributed by atoms with Gasteiger partial charge in [0.25, 0.3) is 0 Å². The number of rotatable bonds is 4. The van der Waals surface area contributed by atoms with Crippen molar-refractivity contribution < 1.29 is 4.42 Å². The lowest BCUT2D eigenvalue weighted by molar-refractivity contribution is 0.0399. The van der Waals surface area contributed by atoms with Gasteiger partial charge in [0.15, 0.2) is 0 Å². The topological polar surface area (TPSA) is 16.4 Å². The molecule has 0 amide bonds. The van der Waals surface area contributed by atoms with E-state index in [2.05, 4.69) is 241 Å². The van der Waals surface area contributed by atoms with Crippen LogP contribution in [-0.2, 0) is 17.3 Å². The minimum Gasteiger partial charge on any atom is -0.456 e. The number of hydrogen-bond acceptors (Lipinski definition) is 2. The quantitative estimate of drug-likeness (QED) is 0.175. The summed E-state index contributed by atoms with van der Waals surface area (Å²) in [7, 11) is 0. The molecule has 6 unspecified atom stereocenters. The summed E-state index contributed by atoms with van der Waals surface area (Å²) in [6.45, 7) is 0. The zero-order valence-corrected chi connectivity index (χ0v) is 44.3. The predicted octanol–water partition coefficient (Wildman–Crippen LogP) is 20.6. The van der Waals surface area contributed by atoms with Crippen LogP contribution in [0.15, 0.2) is 241 Å². The number of nitrogens with zero attached hydrogens (tertiary/aromatic N) is 1. The number of fused-ring (bicyclic) bond motifs is 19. The van der Waals surface area contributed by atoms with Crippen LogP contribution in [0.3, 0.4) is 0 Å². The van der Waals surface area contributed by atoms with E-state index < -0.39 is 0 Å². The van der Waals surface area contributed by atoms with Crippen LogP contribution in [0, 0.1) is 5.92 Å². The Hall–Kier alpha value is -8.20. The van der Waals surface area contributed by atoms with Crippen molar-refractivity contribution in [2.24, 2.45) is 5.92 Å². The summed E-state index contributed by atoms with van der Waals surface area (Å²) in [6.07, 6.45) is 11.6. The fourth-order valence-corrected chi connectivity index (χ4v) is 16.9. The fraction of sp³-hybridized carbons (Fsp3) is 0.211. The Bertz CT molecular complexity index is 4110. The summed E-state index contributed by atoms with van der Waals surface area (Å²) in [6, 6.07) is 91.0. The molecule has 2 heteroatoms. The first-order chi connectivity index (χ1) is 38.6. The highest BCUT2D eigenvalue weighted by molar-refractivity contribution is 6.13. The zero-order chi connectivity index (χ0) is 51.4. The smallest absolute Gasteiger partial charge is 0.137 e. The molecule has 16 rings (SSSR count). The summed E-state index contributed by atoms with van der Waals surface area (Å²) >= 11 is 0. The molecule has 2 spiro atoms. The van der Waals surface area contributed by atoms with E-state index in [9.17, 15) is 0 Å². The van der Waals surface area contributed by atoms with Crippen LogP contribution in [0.4, 0.5) is 17.1 Å². The number of furan rings is 1. The standard InChI is InChI=1S/C76H63NO/c1-2-17-50(18-3-1)51-35-37-56(38-36-51)77(70-30-16-32-72-74(70)67-27-12-15-31-71(67)78-72)57-39-40-61-53(47-57)33-34-55-49-76(69-29-14-11-26-66(69)64-24-9-6-21-60(55)64)46-42-52-41-44-75(45-43-54(48-73(75)76)59-20-5-7-22-62(59)61)68-28-13-10-25-65(68)63-23-8-4-19-58(52)63/h1-32,35-40,47,52,54-55,73H,33-34,41-46,48-49H2. The molecule has 0 aliphatic heterocycles. The molecule has 10 aromatic carbocycles. The second-order valence-corrected chi connectivity index (χ2v) is 23.7. The number of anilines is 3. The molecule has 0 saturated heterocycles. The van der Waals surface area contributed by atoms with Gasteiger partial charge in [-0.3, -0.25) is 0 Å². The molecule has 1 aromatic heterocycles. The van der Waals surface area contributed by atoms with E-state index in [0.717, 1.165) is 58.3 Å². The molecule has 2 nitrogen and oxygen atoms in total. The van der Waals surface area contributed by atoms with E-state index in [-0.39, 0.29) is 10.8 Å². The van der Waals surface area contributed by atoms with Crippen LogP contribution >= 0.6 is 0 Å². The molecule has 0 N–H and O–H groups in total. The summed E-state index contributed by atoms with van der Waals surface area (Å²) in [5.74, 6) is 1.75. The highest BCUT2D eigenvalue weighted by Gasteiger charge is 2.58. The maximum Gasteiger partial charge on any atom is 0.137 e. The van der Waals surface area contributed by atoms with Gasteiger partial charge in [-0.05, 0) is 214 Å². The van der Waals surface area contributed by atoms with Crippen LogP contribution in [0.25, 0.3) is 66.4 Å². The first kappa shape index (κ1) is 45.9. The molecule has 5 aliphatic rings.